The van der Waals surface area contributed by atoms with E-state index in [1.54, 1.807) is 16.2 Å². The molecule has 29 heavy (non-hydrogen) atoms. The molecule has 0 N–H and O–H groups in total. The van der Waals surface area contributed by atoms with E-state index in [-0.39, 0.29) is 11.5 Å². The van der Waals surface area contributed by atoms with Crippen LogP contribution in [0.15, 0.2) is 53.9 Å². The maximum absolute atomic E-state index is 13.6. The van der Waals surface area contributed by atoms with Gasteiger partial charge in [0.25, 0.3) is 5.91 Å². The topological polar surface area (TPSA) is 45.7 Å². The van der Waals surface area contributed by atoms with Gasteiger partial charge in [-0.2, -0.15) is 0 Å². The SMILES string of the molecule is COc1ccc(F)cc1C(=O)N1CCN(Cc2csc(-c3ccccc3)n2)CC1. The van der Waals surface area contributed by atoms with Crippen LogP contribution in [0.25, 0.3) is 10.6 Å². The van der Waals surface area contributed by atoms with E-state index >= 15 is 0 Å². The minimum absolute atomic E-state index is 0.193. The molecule has 5 nitrogen and oxygen atoms in total. The fourth-order valence-corrected chi connectivity index (χ4v) is 4.27. The average molecular weight is 412 g/mol. The molecule has 4 rings (SSSR count). The van der Waals surface area contributed by atoms with Crippen LogP contribution >= 0.6 is 11.3 Å². The van der Waals surface area contributed by atoms with Crippen molar-refractivity contribution in [3.8, 4) is 16.3 Å². The number of carbonyl (C=O) groups excluding carboxylic acids is 1. The third kappa shape index (κ3) is 4.46. The lowest BCUT2D eigenvalue weighted by Gasteiger charge is -2.34. The van der Waals surface area contributed by atoms with E-state index in [1.165, 1.54) is 25.3 Å². The Kier molecular flexibility index (Phi) is 5.87. The van der Waals surface area contributed by atoms with Crippen LogP contribution in [0.1, 0.15) is 16.1 Å². The summed E-state index contributed by atoms with van der Waals surface area (Å²) in [6.07, 6.45) is 0. The second kappa shape index (κ2) is 8.71. The first-order valence-corrected chi connectivity index (χ1v) is 10.4. The predicted octanol–water partition coefficient (Wildman–Crippen LogP) is 3.92. The number of aromatic nitrogens is 1. The number of benzene rings is 2. The molecule has 0 saturated carbocycles. The number of amides is 1. The summed E-state index contributed by atoms with van der Waals surface area (Å²) in [6, 6.07) is 14.2. The van der Waals surface area contributed by atoms with Gasteiger partial charge < -0.3 is 9.64 Å². The van der Waals surface area contributed by atoms with E-state index in [9.17, 15) is 9.18 Å². The van der Waals surface area contributed by atoms with Gasteiger partial charge in [0.05, 0.1) is 18.4 Å². The van der Waals surface area contributed by atoms with Crippen LogP contribution in [0, 0.1) is 5.82 Å². The molecule has 1 aromatic heterocycles. The van der Waals surface area contributed by atoms with Gasteiger partial charge in [-0.05, 0) is 18.2 Å². The summed E-state index contributed by atoms with van der Waals surface area (Å²) in [5, 5.41) is 3.12. The molecule has 2 aromatic carbocycles. The predicted molar refractivity (Wildman–Crippen MR) is 112 cm³/mol. The highest BCUT2D eigenvalue weighted by molar-refractivity contribution is 7.13. The molecule has 1 aliphatic rings. The molecule has 0 unspecified atom stereocenters. The monoisotopic (exact) mass is 411 g/mol. The van der Waals surface area contributed by atoms with Crippen LogP contribution in [-0.2, 0) is 6.54 Å². The van der Waals surface area contributed by atoms with Crippen LogP contribution in [0.2, 0.25) is 0 Å². The summed E-state index contributed by atoms with van der Waals surface area (Å²) in [7, 11) is 1.49. The zero-order valence-corrected chi connectivity index (χ0v) is 17.0. The molecular weight excluding hydrogens is 389 g/mol. The van der Waals surface area contributed by atoms with Crippen molar-refractivity contribution in [3.63, 3.8) is 0 Å². The Morgan fingerprint density at radius 3 is 2.62 bits per heavy atom. The zero-order chi connectivity index (χ0) is 20.2. The number of methoxy groups -OCH3 is 1. The van der Waals surface area contributed by atoms with Gasteiger partial charge in [0.1, 0.15) is 16.6 Å². The van der Waals surface area contributed by atoms with E-state index in [0.717, 1.165) is 35.9 Å². The Morgan fingerprint density at radius 2 is 1.90 bits per heavy atom. The van der Waals surface area contributed by atoms with Gasteiger partial charge >= 0.3 is 0 Å². The normalized spacial score (nSPS) is 14.8. The van der Waals surface area contributed by atoms with Crippen LogP contribution in [-0.4, -0.2) is 54.0 Å². The second-order valence-corrected chi connectivity index (χ2v) is 7.78. The first-order valence-electron chi connectivity index (χ1n) is 9.49. The number of piperazine rings is 1. The number of thiazole rings is 1. The Morgan fingerprint density at radius 1 is 1.14 bits per heavy atom. The van der Waals surface area contributed by atoms with E-state index in [4.69, 9.17) is 9.72 Å². The third-order valence-electron chi connectivity index (χ3n) is 5.01. The van der Waals surface area contributed by atoms with Crippen molar-refractivity contribution in [2.45, 2.75) is 6.54 Å². The molecule has 1 fully saturated rings. The Bertz CT molecular complexity index is 985. The molecule has 3 aromatic rings. The quantitative estimate of drug-likeness (QED) is 0.639. The van der Waals surface area contributed by atoms with Crippen molar-refractivity contribution in [2.75, 3.05) is 33.3 Å². The lowest BCUT2D eigenvalue weighted by Crippen LogP contribution is -2.48. The largest absolute Gasteiger partial charge is 0.496 e. The van der Waals surface area contributed by atoms with Crippen LogP contribution in [0.5, 0.6) is 5.75 Å². The molecule has 0 radical (unpaired) electrons. The molecule has 150 valence electrons. The van der Waals surface area contributed by atoms with Gasteiger partial charge in [-0.3, -0.25) is 9.69 Å². The Hall–Kier alpha value is -2.77. The highest BCUT2D eigenvalue weighted by Gasteiger charge is 2.25. The Labute approximate surface area is 173 Å². The number of hydrogen-bond acceptors (Lipinski definition) is 5. The van der Waals surface area contributed by atoms with Gasteiger partial charge in [0, 0.05) is 43.7 Å². The van der Waals surface area contributed by atoms with Crippen molar-refractivity contribution in [1.82, 2.24) is 14.8 Å². The summed E-state index contributed by atoms with van der Waals surface area (Å²) in [4.78, 5) is 21.6. The number of rotatable bonds is 5. The van der Waals surface area contributed by atoms with Gasteiger partial charge in [0.15, 0.2) is 0 Å². The maximum atomic E-state index is 13.6. The highest BCUT2D eigenvalue weighted by atomic mass is 32.1. The zero-order valence-electron chi connectivity index (χ0n) is 16.2. The van der Waals surface area contributed by atoms with Gasteiger partial charge in [-0.25, -0.2) is 9.37 Å². The van der Waals surface area contributed by atoms with Crippen molar-refractivity contribution in [3.05, 3.63) is 71.0 Å². The number of nitrogens with zero attached hydrogens (tertiary/aromatic N) is 3. The summed E-state index contributed by atoms with van der Waals surface area (Å²) in [5.74, 6) is -0.235. The molecule has 1 saturated heterocycles. The standard InChI is InChI=1S/C22H22FN3O2S/c1-28-20-8-7-17(23)13-19(20)22(27)26-11-9-25(10-12-26)14-18-15-29-21(24-18)16-5-3-2-4-6-16/h2-8,13,15H,9-12,14H2,1H3. The van der Waals surface area contributed by atoms with Crippen LogP contribution in [0.4, 0.5) is 4.39 Å². The Balaban J connectivity index is 1.36. The molecule has 1 amide bonds. The van der Waals surface area contributed by atoms with E-state index in [1.807, 2.05) is 18.2 Å². The highest BCUT2D eigenvalue weighted by Crippen LogP contribution is 2.25. The first kappa shape index (κ1) is 19.5. The van der Waals surface area contributed by atoms with Crippen molar-refractivity contribution >= 4 is 17.2 Å². The van der Waals surface area contributed by atoms with Crippen LogP contribution < -0.4 is 4.74 Å². The summed E-state index contributed by atoms with van der Waals surface area (Å²) in [6.45, 7) is 3.44. The smallest absolute Gasteiger partial charge is 0.257 e. The molecule has 0 spiro atoms. The van der Waals surface area contributed by atoms with Crippen molar-refractivity contribution < 1.29 is 13.9 Å². The summed E-state index contributed by atoms with van der Waals surface area (Å²) < 4.78 is 18.8. The molecule has 0 aliphatic carbocycles. The fraction of sp³-hybridized carbons (Fsp3) is 0.273. The number of halogens is 1. The molecule has 0 atom stereocenters. The van der Waals surface area contributed by atoms with E-state index < -0.39 is 5.82 Å². The number of carbonyl (C=O) groups is 1. The van der Waals surface area contributed by atoms with Crippen molar-refractivity contribution in [2.24, 2.45) is 0 Å². The molecule has 2 heterocycles. The number of ether oxygens (including phenoxy) is 1. The second-order valence-electron chi connectivity index (χ2n) is 6.92. The molecule has 1 aliphatic heterocycles. The van der Waals surface area contributed by atoms with Crippen LogP contribution in [0.3, 0.4) is 0 Å². The van der Waals surface area contributed by atoms with Crippen molar-refractivity contribution in [1.29, 1.82) is 0 Å². The first-order chi connectivity index (χ1) is 14.1. The number of hydrogen-bond donors (Lipinski definition) is 0. The minimum atomic E-state index is -0.439. The summed E-state index contributed by atoms with van der Waals surface area (Å²) >= 11 is 1.65. The average Bonchev–Trinajstić information content (AvgIpc) is 3.23. The molecule has 0 bridgehead atoms. The van der Waals surface area contributed by atoms with Gasteiger partial charge in [-0.1, -0.05) is 30.3 Å². The van der Waals surface area contributed by atoms with E-state index in [0.29, 0.717) is 18.8 Å². The minimum Gasteiger partial charge on any atom is -0.496 e. The molecule has 7 heteroatoms. The molecular formula is C22H22FN3O2S. The van der Waals surface area contributed by atoms with E-state index in [2.05, 4.69) is 22.4 Å². The lowest BCUT2D eigenvalue weighted by molar-refractivity contribution is 0.0623. The third-order valence-corrected chi connectivity index (χ3v) is 5.95. The maximum Gasteiger partial charge on any atom is 0.257 e. The lowest BCUT2D eigenvalue weighted by atomic mass is 10.1. The van der Waals surface area contributed by atoms with Gasteiger partial charge in [0.2, 0.25) is 0 Å². The van der Waals surface area contributed by atoms with Gasteiger partial charge in [-0.15, -0.1) is 11.3 Å². The fourth-order valence-electron chi connectivity index (χ4n) is 3.45. The summed E-state index contributed by atoms with van der Waals surface area (Å²) in [5.41, 5.74) is 2.44.